The monoisotopic (exact) mass is 196 g/mol. The SMILES string of the molecule is C[C@@H]1CCCN(C[C@H]2CCCCN2)C1. The van der Waals surface area contributed by atoms with Crippen LogP contribution in [0.3, 0.4) is 0 Å². The topological polar surface area (TPSA) is 15.3 Å². The van der Waals surface area contributed by atoms with Crippen LogP contribution in [0.2, 0.25) is 0 Å². The van der Waals surface area contributed by atoms with Gasteiger partial charge in [0.25, 0.3) is 0 Å². The van der Waals surface area contributed by atoms with Crippen molar-refractivity contribution in [3.63, 3.8) is 0 Å². The lowest BCUT2D eigenvalue weighted by molar-refractivity contribution is 0.159. The quantitative estimate of drug-likeness (QED) is 0.725. The van der Waals surface area contributed by atoms with Gasteiger partial charge in [0.05, 0.1) is 0 Å². The Morgan fingerprint density at radius 3 is 2.86 bits per heavy atom. The van der Waals surface area contributed by atoms with E-state index in [9.17, 15) is 0 Å². The Balaban J connectivity index is 1.72. The summed E-state index contributed by atoms with van der Waals surface area (Å²) in [6.45, 7) is 7.60. The molecule has 2 nitrogen and oxygen atoms in total. The molecule has 0 aromatic rings. The van der Waals surface area contributed by atoms with Gasteiger partial charge in [-0.2, -0.15) is 0 Å². The van der Waals surface area contributed by atoms with E-state index in [1.807, 2.05) is 0 Å². The summed E-state index contributed by atoms with van der Waals surface area (Å²) in [4.78, 5) is 2.66. The summed E-state index contributed by atoms with van der Waals surface area (Å²) in [6.07, 6.45) is 7.06. The Morgan fingerprint density at radius 1 is 1.21 bits per heavy atom. The molecule has 0 radical (unpaired) electrons. The second kappa shape index (κ2) is 5.13. The Morgan fingerprint density at radius 2 is 2.14 bits per heavy atom. The van der Waals surface area contributed by atoms with Crippen molar-refractivity contribution in [1.29, 1.82) is 0 Å². The van der Waals surface area contributed by atoms with Gasteiger partial charge < -0.3 is 10.2 Å². The molecule has 0 amide bonds. The van der Waals surface area contributed by atoms with Crippen LogP contribution >= 0.6 is 0 Å². The third-order valence-electron chi connectivity index (χ3n) is 3.63. The summed E-state index contributed by atoms with van der Waals surface area (Å²) >= 11 is 0. The first-order valence-electron chi connectivity index (χ1n) is 6.30. The fourth-order valence-corrected chi connectivity index (χ4v) is 2.84. The van der Waals surface area contributed by atoms with Crippen molar-refractivity contribution in [3.8, 4) is 0 Å². The van der Waals surface area contributed by atoms with Gasteiger partial charge in [-0.3, -0.25) is 0 Å². The summed E-state index contributed by atoms with van der Waals surface area (Å²) in [6, 6.07) is 0.786. The first kappa shape index (κ1) is 10.4. The fourth-order valence-electron chi connectivity index (χ4n) is 2.84. The van der Waals surface area contributed by atoms with Crippen molar-refractivity contribution < 1.29 is 0 Å². The molecule has 2 fully saturated rings. The van der Waals surface area contributed by atoms with Crippen LogP contribution < -0.4 is 5.32 Å². The number of nitrogens with one attached hydrogen (secondary N) is 1. The second-order valence-corrected chi connectivity index (χ2v) is 5.15. The number of nitrogens with zero attached hydrogens (tertiary/aromatic N) is 1. The molecule has 1 N–H and O–H groups in total. The summed E-state index contributed by atoms with van der Waals surface area (Å²) in [5, 5.41) is 3.64. The molecule has 0 saturated carbocycles. The predicted octanol–water partition coefficient (Wildman–Crippen LogP) is 1.86. The molecule has 2 heteroatoms. The van der Waals surface area contributed by atoms with Gasteiger partial charge in [0.15, 0.2) is 0 Å². The highest BCUT2D eigenvalue weighted by Gasteiger charge is 2.20. The summed E-state index contributed by atoms with van der Waals surface area (Å²) in [7, 11) is 0. The average molecular weight is 196 g/mol. The van der Waals surface area contributed by atoms with Crippen molar-refractivity contribution in [2.45, 2.75) is 45.1 Å². The number of piperidine rings is 2. The van der Waals surface area contributed by atoms with E-state index in [1.165, 1.54) is 58.3 Å². The molecule has 2 heterocycles. The first-order chi connectivity index (χ1) is 6.84. The average Bonchev–Trinajstić information content (AvgIpc) is 2.19. The van der Waals surface area contributed by atoms with Gasteiger partial charge in [-0.25, -0.2) is 0 Å². The second-order valence-electron chi connectivity index (χ2n) is 5.15. The van der Waals surface area contributed by atoms with E-state index in [4.69, 9.17) is 0 Å². The van der Waals surface area contributed by atoms with Gasteiger partial charge in [-0.1, -0.05) is 13.3 Å². The van der Waals surface area contributed by atoms with Crippen LogP contribution in [-0.2, 0) is 0 Å². The lowest BCUT2D eigenvalue weighted by Crippen LogP contribution is -2.46. The standard InChI is InChI=1S/C12H24N2/c1-11-5-4-8-14(9-11)10-12-6-2-3-7-13-12/h11-13H,2-10H2,1H3/t11-,12-/m1/s1. The maximum Gasteiger partial charge on any atom is 0.0195 e. The van der Waals surface area contributed by atoms with E-state index in [2.05, 4.69) is 17.1 Å². The lowest BCUT2D eigenvalue weighted by atomic mass is 9.98. The number of hydrogen-bond acceptors (Lipinski definition) is 2. The zero-order chi connectivity index (χ0) is 9.80. The lowest BCUT2D eigenvalue weighted by Gasteiger charge is -2.35. The van der Waals surface area contributed by atoms with Gasteiger partial charge in [0.2, 0.25) is 0 Å². The van der Waals surface area contributed by atoms with Crippen molar-refractivity contribution >= 4 is 0 Å². The van der Waals surface area contributed by atoms with Gasteiger partial charge in [-0.05, 0) is 44.7 Å². The normalized spacial score (nSPS) is 35.8. The van der Waals surface area contributed by atoms with Crippen LogP contribution in [0.25, 0.3) is 0 Å². The minimum atomic E-state index is 0.786. The molecule has 0 unspecified atom stereocenters. The van der Waals surface area contributed by atoms with E-state index < -0.39 is 0 Å². The Hall–Kier alpha value is -0.0800. The Labute approximate surface area is 88.1 Å². The molecule has 14 heavy (non-hydrogen) atoms. The first-order valence-corrected chi connectivity index (χ1v) is 6.30. The van der Waals surface area contributed by atoms with E-state index >= 15 is 0 Å². The molecule has 2 rings (SSSR count). The number of rotatable bonds is 2. The third kappa shape index (κ3) is 2.96. The van der Waals surface area contributed by atoms with E-state index in [-0.39, 0.29) is 0 Å². The highest BCUT2D eigenvalue weighted by Crippen LogP contribution is 2.17. The minimum absolute atomic E-state index is 0.786. The highest BCUT2D eigenvalue weighted by atomic mass is 15.2. The molecule has 2 aliphatic heterocycles. The number of hydrogen-bond donors (Lipinski definition) is 1. The molecule has 0 aromatic heterocycles. The van der Waals surface area contributed by atoms with Crippen LogP contribution in [0.15, 0.2) is 0 Å². The molecule has 0 spiro atoms. The largest absolute Gasteiger partial charge is 0.313 e. The van der Waals surface area contributed by atoms with E-state index in [0.717, 1.165) is 12.0 Å². The van der Waals surface area contributed by atoms with Crippen LogP contribution in [0.1, 0.15) is 39.0 Å². The number of likely N-dealkylation sites (tertiary alicyclic amines) is 1. The smallest absolute Gasteiger partial charge is 0.0195 e. The zero-order valence-corrected chi connectivity index (χ0v) is 9.47. The van der Waals surface area contributed by atoms with Gasteiger partial charge in [0, 0.05) is 19.1 Å². The Bertz CT molecular complexity index is 164. The Kier molecular flexibility index (Phi) is 3.82. The fraction of sp³-hybridized carbons (Fsp3) is 1.00. The summed E-state index contributed by atoms with van der Waals surface area (Å²) < 4.78 is 0. The van der Waals surface area contributed by atoms with Gasteiger partial charge in [0.1, 0.15) is 0 Å². The highest BCUT2D eigenvalue weighted by molar-refractivity contribution is 4.78. The molecule has 0 bridgehead atoms. The third-order valence-corrected chi connectivity index (χ3v) is 3.63. The van der Waals surface area contributed by atoms with Gasteiger partial charge in [-0.15, -0.1) is 0 Å². The predicted molar refractivity (Wildman–Crippen MR) is 60.5 cm³/mol. The maximum atomic E-state index is 3.64. The van der Waals surface area contributed by atoms with Crippen molar-refractivity contribution in [2.24, 2.45) is 5.92 Å². The molecular weight excluding hydrogens is 172 g/mol. The molecule has 2 aliphatic rings. The van der Waals surface area contributed by atoms with Crippen LogP contribution in [0.5, 0.6) is 0 Å². The van der Waals surface area contributed by atoms with Crippen LogP contribution in [0.4, 0.5) is 0 Å². The zero-order valence-electron chi connectivity index (χ0n) is 9.47. The molecule has 82 valence electrons. The summed E-state index contributed by atoms with van der Waals surface area (Å²) in [5.74, 6) is 0.923. The van der Waals surface area contributed by atoms with E-state index in [1.54, 1.807) is 0 Å². The molecule has 2 atom stereocenters. The van der Waals surface area contributed by atoms with Crippen LogP contribution in [-0.4, -0.2) is 37.1 Å². The van der Waals surface area contributed by atoms with Crippen molar-refractivity contribution in [2.75, 3.05) is 26.2 Å². The van der Waals surface area contributed by atoms with Crippen LogP contribution in [0, 0.1) is 5.92 Å². The summed E-state index contributed by atoms with van der Waals surface area (Å²) in [5.41, 5.74) is 0. The molecule has 2 saturated heterocycles. The van der Waals surface area contributed by atoms with Crippen molar-refractivity contribution in [1.82, 2.24) is 10.2 Å². The molecular formula is C12H24N2. The minimum Gasteiger partial charge on any atom is -0.313 e. The van der Waals surface area contributed by atoms with Gasteiger partial charge >= 0.3 is 0 Å². The molecule has 0 aromatic carbocycles. The van der Waals surface area contributed by atoms with Crippen molar-refractivity contribution in [3.05, 3.63) is 0 Å². The van der Waals surface area contributed by atoms with E-state index in [0.29, 0.717) is 0 Å². The maximum absolute atomic E-state index is 3.64. The molecule has 0 aliphatic carbocycles.